The number of phenolic OH excluding ortho intramolecular Hbond substituents is 1. The number of rotatable bonds is 16. The Morgan fingerprint density at radius 2 is 0.859 bits per heavy atom. The van der Waals surface area contributed by atoms with E-state index in [4.69, 9.17) is 46.0 Å². The SMILES string of the molecule is CC(C)(N)C(N)=O.CC(C)(NCC1CCC(Oc2ccc(F)cc2)CC1)C(N)=O.COC(=O)C1CCC(Oc2ccc(F)cc2)CC1.COC(=O)C1CCC(S(=O)(=O)c2ccc(C)cc2)CC1.O.O=CC1CCC(Oc2ccc(F)cc2)CC1.Oc1ccc(F)cc1. The minimum atomic E-state index is -3.29. The molecule has 0 unspecified atom stereocenters. The molecule has 0 atom stereocenters. The van der Waals surface area contributed by atoms with Gasteiger partial charge >= 0.3 is 11.9 Å². The largest absolute Gasteiger partial charge is 0.508 e. The molecule has 0 aromatic heterocycles. The molecule has 9 rings (SSSR count). The van der Waals surface area contributed by atoms with Gasteiger partial charge < -0.3 is 61.6 Å². The van der Waals surface area contributed by atoms with Crippen LogP contribution in [0.3, 0.4) is 0 Å². The molecule has 0 aliphatic heterocycles. The summed E-state index contributed by atoms with van der Waals surface area (Å²) in [5, 5.41) is 11.4. The maximum absolute atomic E-state index is 12.9. The number of hydrogen-bond donors (Lipinski definition) is 5. The first-order valence-corrected chi connectivity index (χ1v) is 32.3. The van der Waals surface area contributed by atoms with Gasteiger partial charge in [0.2, 0.25) is 11.8 Å². The van der Waals surface area contributed by atoms with E-state index in [2.05, 4.69) is 5.32 Å². The van der Waals surface area contributed by atoms with Gasteiger partial charge in [-0.05, 0) is 259 Å². The standard InChI is InChI=1S/C17H25FN2O2.C15H20O4S.C14H17FO3.C13H15FO2.C6H5FO.C4H10N2O.H2O/c1-17(2,16(19)21)20-11-12-3-7-14(8-4-12)22-15-9-5-13(18)6-10-15;1-11-3-7-13(8-4-11)20(17,18)14-9-5-12(6-10-14)15(16)19-2;1-17-14(16)10-2-6-12(7-3-10)18-13-8-4-11(15)5-9-13;14-11-3-7-13(8-4-11)16-12-5-1-10(9-15)2-6-12;7-5-1-3-6(8)4-2-5;1-4(2,6)3(5)7;/h5-6,9-10,12,14,20H,3-4,7-8,11H2,1-2H3,(H2,19,21);3-4,7-8,12,14H,5-6,9-10H2,1-2H3;4-5,8-10,12H,2-3,6-7H2,1H3;3-4,7-10,12H,1-2,5-6H2;1-4,8H;6H2,1-2H3,(H2,5,7);1H2. The van der Waals surface area contributed by atoms with E-state index in [1.54, 1.807) is 76.2 Å². The number of nitrogens with two attached hydrogens (primary N) is 3. The molecule has 2 amide bonds. The maximum Gasteiger partial charge on any atom is 0.308 e. The molecular formula is C69H94F4N4O14S. The Balaban J connectivity index is 0.000000298. The number of benzene rings is 5. The van der Waals surface area contributed by atoms with E-state index in [0.29, 0.717) is 48.0 Å². The van der Waals surface area contributed by atoms with Crippen LogP contribution in [0.25, 0.3) is 0 Å². The molecule has 92 heavy (non-hydrogen) atoms. The monoisotopic (exact) mass is 1310 g/mol. The number of nitrogens with one attached hydrogen (secondary N) is 1. The molecule has 5 aromatic carbocycles. The number of amides is 2. The van der Waals surface area contributed by atoms with Crippen LogP contribution in [0.15, 0.2) is 126 Å². The summed E-state index contributed by atoms with van der Waals surface area (Å²) in [4.78, 5) is 55.2. The molecule has 0 spiro atoms. The van der Waals surface area contributed by atoms with Crippen molar-refractivity contribution in [3.8, 4) is 23.0 Å². The fourth-order valence-electron chi connectivity index (χ4n) is 10.1. The summed E-state index contributed by atoms with van der Waals surface area (Å²) < 4.78 is 102. The van der Waals surface area contributed by atoms with Crippen LogP contribution in [-0.4, -0.2) is 104 Å². The van der Waals surface area contributed by atoms with Crippen molar-refractivity contribution in [1.29, 1.82) is 0 Å². The van der Waals surface area contributed by atoms with Gasteiger partial charge in [-0.1, -0.05) is 17.7 Å². The molecule has 0 radical (unpaired) electrons. The second-order valence-corrected chi connectivity index (χ2v) is 26.5. The number of aldehydes is 1. The molecule has 4 saturated carbocycles. The fraction of sp³-hybridized carbons (Fsp3) is 0.493. The summed E-state index contributed by atoms with van der Waals surface area (Å²) in [6.45, 7) is 9.46. The molecule has 0 heterocycles. The number of phenols is 1. The van der Waals surface area contributed by atoms with Crippen molar-refractivity contribution in [2.24, 2.45) is 40.9 Å². The Morgan fingerprint density at radius 3 is 1.17 bits per heavy atom. The van der Waals surface area contributed by atoms with E-state index in [1.165, 1.54) is 74.9 Å². The van der Waals surface area contributed by atoms with E-state index in [-0.39, 0.29) is 93.7 Å². The zero-order valence-corrected chi connectivity index (χ0v) is 54.6. The van der Waals surface area contributed by atoms with Gasteiger partial charge in [0.25, 0.3) is 0 Å². The highest BCUT2D eigenvalue weighted by molar-refractivity contribution is 7.92. The van der Waals surface area contributed by atoms with Crippen molar-refractivity contribution < 1.29 is 84.2 Å². The van der Waals surface area contributed by atoms with Gasteiger partial charge in [-0.25, -0.2) is 26.0 Å². The van der Waals surface area contributed by atoms with E-state index < -0.39 is 26.8 Å². The zero-order valence-electron chi connectivity index (χ0n) is 53.8. The van der Waals surface area contributed by atoms with E-state index in [0.717, 1.165) is 101 Å². The van der Waals surface area contributed by atoms with Gasteiger partial charge in [-0.2, -0.15) is 0 Å². The van der Waals surface area contributed by atoms with Gasteiger partial charge in [0.1, 0.15) is 52.6 Å². The molecule has 18 nitrogen and oxygen atoms in total. The topological polar surface area (TPSA) is 307 Å². The van der Waals surface area contributed by atoms with Crippen LogP contribution in [0.4, 0.5) is 17.6 Å². The van der Waals surface area contributed by atoms with Gasteiger partial charge in [-0.3, -0.25) is 19.2 Å². The number of methoxy groups -OCH3 is 2. The molecule has 4 aliphatic carbocycles. The lowest BCUT2D eigenvalue weighted by Crippen LogP contribution is -2.52. The Bertz CT molecular complexity index is 3070. The minimum Gasteiger partial charge on any atom is -0.508 e. The predicted molar refractivity (Wildman–Crippen MR) is 343 cm³/mol. The summed E-state index contributed by atoms with van der Waals surface area (Å²) >= 11 is 0. The second-order valence-electron chi connectivity index (χ2n) is 24.3. The Labute approximate surface area is 538 Å². The molecule has 23 heteroatoms. The van der Waals surface area contributed by atoms with Crippen LogP contribution < -0.4 is 36.7 Å². The maximum atomic E-state index is 12.9. The highest BCUT2D eigenvalue weighted by Gasteiger charge is 2.35. The Kier molecular flexibility index (Phi) is 33.4. The average Bonchev–Trinajstić information content (AvgIpc) is 0.868. The quantitative estimate of drug-likeness (QED) is 0.0348. The van der Waals surface area contributed by atoms with Crippen LogP contribution in [0.1, 0.15) is 136 Å². The zero-order chi connectivity index (χ0) is 67.3. The number of esters is 2. The van der Waals surface area contributed by atoms with E-state index in [9.17, 15) is 50.0 Å². The third-order valence-corrected chi connectivity index (χ3v) is 18.4. The molecular weight excluding hydrogens is 1220 g/mol. The molecule has 0 saturated heterocycles. The molecule has 508 valence electrons. The summed E-state index contributed by atoms with van der Waals surface area (Å²) in [5.74, 6) is 0.515. The number of halogens is 4. The predicted octanol–water partition coefficient (Wildman–Crippen LogP) is 10.9. The number of sulfone groups is 1. The van der Waals surface area contributed by atoms with E-state index in [1.807, 2.05) is 19.1 Å². The van der Waals surface area contributed by atoms with Crippen molar-refractivity contribution in [2.45, 2.75) is 177 Å². The molecule has 5 aromatic rings. The van der Waals surface area contributed by atoms with Gasteiger partial charge in [0, 0.05) is 5.92 Å². The van der Waals surface area contributed by atoms with E-state index >= 15 is 0 Å². The van der Waals surface area contributed by atoms with Crippen LogP contribution in [0.2, 0.25) is 0 Å². The number of primary amides is 2. The minimum absolute atomic E-state index is 0. The van der Waals surface area contributed by atoms with Crippen LogP contribution in [-0.2, 0) is 43.3 Å². The summed E-state index contributed by atoms with van der Waals surface area (Å²) in [5.41, 5.74) is 14.9. The number of carbonyl (C=O) groups excluding carboxylic acids is 5. The Morgan fingerprint density at radius 1 is 0.533 bits per heavy atom. The lowest BCUT2D eigenvalue weighted by atomic mass is 9.86. The van der Waals surface area contributed by atoms with Crippen molar-refractivity contribution in [3.63, 3.8) is 0 Å². The normalized spacial score (nSPS) is 21.0. The number of carbonyl (C=O) groups is 5. The van der Waals surface area contributed by atoms with Crippen LogP contribution in [0, 0.1) is 53.9 Å². The summed E-state index contributed by atoms with van der Waals surface area (Å²) in [6, 6.07) is 30.2. The lowest BCUT2D eigenvalue weighted by molar-refractivity contribution is -0.147. The fourth-order valence-corrected chi connectivity index (χ4v) is 11.9. The third-order valence-electron chi connectivity index (χ3n) is 16.2. The number of aromatic hydroxyl groups is 1. The van der Waals surface area contributed by atoms with Crippen molar-refractivity contribution >= 4 is 39.9 Å². The highest BCUT2D eigenvalue weighted by Crippen LogP contribution is 2.34. The summed E-state index contributed by atoms with van der Waals surface area (Å²) in [7, 11) is -0.494. The number of hydrogen-bond acceptors (Lipinski definition) is 15. The van der Waals surface area contributed by atoms with Gasteiger partial charge in [0.05, 0.1) is 65.6 Å². The smallest absolute Gasteiger partial charge is 0.308 e. The molecule has 4 fully saturated rings. The van der Waals surface area contributed by atoms with Crippen LogP contribution >= 0.6 is 0 Å². The Hall–Kier alpha value is -7.60. The number of ether oxygens (including phenoxy) is 5. The molecule has 0 bridgehead atoms. The highest BCUT2D eigenvalue weighted by atomic mass is 32.2. The average molecular weight is 1310 g/mol. The van der Waals surface area contributed by atoms with Crippen LogP contribution in [0.5, 0.6) is 23.0 Å². The number of aryl methyl sites for hydroxylation is 1. The first kappa shape index (κ1) is 78.6. The summed E-state index contributed by atoms with van der Waals surface area (Å²) in [6.07, 6.45) is 14.6. The first-order chi connectivity index (χ1) is 43.0. The van der Waals surface area contributed by atoms with Gasteiger partial charge in [-0.15, -0.1) is 0 Å². The van der Waals surface area contributed by atoms with Crippen molar-refractivity contribution in [1.82, 2.24) is 5.32 Å². The first-order valence-electron chi connectivity index (χ1n) is 30.8. The third kappa shape index (κ3) is 28.5. The van der Waals surface area contributed by atoms with Gasteiger partial charge in [0.15, 0.2) is 9.84 Å². The second kappa shape index (κ2) is 39.1. The van der Waals surface area contributed by atoms with Crippen molar-refractivity contribution in [2.75, 3.05) is 20.8 Å². The van der Waals surface area contributed by atoms with Crippen molar-refractivity contribution in [3.05, 3.63) is 150 Å². The molecule has 10 N–H and O–H groups in total. The lowest BCUT2D eigenvalue weighted by Gasteiger charge is -2.31. The molecule has 4 aliphatic rings.